The van der Waals surface area contributed by atoms with E-state index < -0.39 is 5.97 Å². The number of carboxylic acids is 1. The van der Waals surface area contributed by atoms with E-state index in [0.29, 0.717) is 11.5 Å². The van der Waals surface area contributed by atoms with Crippen molar-refractivity contribution in [1.29, 1.82) is 0 Å². The van der Waals surface area contributed by atoms with Gasteiger partial charge in [-0.2, -0.15) is 0 Å². The zero-order valence-electron chi connectivity index (χ0n) is 11.7. The molecular weight excluding hydrogens is 274 g/mol. The molecule has 0 amide bonds. The number of aromatic carboxylic acids is 1. The number of benzene rings is 1. The summed E-state index contributed by atoms with van der Waals surface area (Å²) >= 11 is 1.44. The number of nitrogens with zero attached hydrogens (tertiary/aromatic N) is 1. The number of methoxy groups -OCH3 is 1. The third kappa shape index (κ3) is 2.89. The molecule has 2 rings (SSSR count). The van der Waals surface area contributed by atoms with Gasteiger partial charge in [0.25, 0.3) is 0 Å². The van der Waals surface area contributed by atoms with E-state index in [9.17, 15) is 9.90 Å². The fourth-order valence-electron chi connectivity index (χ4n) is 1.93. The molecule has 0 spiro atoms. The monoisotopic (exact) mass is 291 g/mol. The molecule has 1 aromatic heterocycles. The first kappa shape index (κ1) is 14.7. The van der Waals surface area contributed by atoms with Gasteiger partial charge in [-0.15, -0.1) is 11.3 Å². The maximum atomic E-state index is 11.4. The summed E-state index contributed by atoms with van der Waals surface area (Å²) in [6.45, 7) is 4.47. The van der Waals surface area contributed by atoms with Crippen molar-refractivity contribution in [2.45, 2.75) is 26.4 Å². The second kappa shape index (κ2) is 6.15. The maximum absolute atomic E-state index is 11.4. The minimum atomic E-state index is -0.990. The third-order valence-corrected chi connectivity index (χ3v) is 4.29. The number of ether oxygens (including phenoxy) is 1. The van der Waals surface area contributed by atoms with Gasteiger partial charge in [-0.1, -0.05) is 38.1 Å². The van der Waals surface area contributed by atoms with Crippen LogP contribution in [-0.4, -0.2) is 23.2 Å². The molecular formula is C15H17NO3S. The van der Waals surface area contributed by atoms with Gasteiger partial charge in [0.15, 0.2) is 5.69 Å². The van der Waals surface area contributed by atoms with Crippen LogP contribution in [0.2, 0.25) is 0 Å². The average molecular weight is 291 g/mol. The molecule has 0 radical (unpaired) electrons. The molecule has 20 heavy (non-hydrogen) atoms. The molecule has 0 aliphatic heterocycles. The van der Waals surface area contributed by atoms with Gasteiger partial charge in [-0.25, -0.2) is 9.78 Å². The highest BCUT2D eigenvalue weighted by Gasteiger charge is 2.21. The Balaban J connectivity index is 2.59. The quantitative estimate of drug-likeness (QED) is 0.910. The molecule has 5 heteroatoms. The predicted molar refractivity (Wildman–Crippen MR) is 79.3 cm³/mol. The topological polar surface area (TPSA) is 59.4 Å². The average Bonchev–Trinajstić information content (AvgIpc) is 2.85. The molecule has 1 heterocycles. The summed E-state index contributed by atoms with van der Waals surface area (Å²) in [7, 11) is 1.63. The highest BCUT2D eigenvalue weighted by atomic mass is 32.1. The molecule has 0 aliphatic rings. The zero-order chi connectivity index (χ0) is 14.7. The van der Waals surface area contributed by atoms with Crippen molar-refractivity contribution >= 4 is 17.3 Å². The van der Waals surface area contributed by atoms with Crippen LogP contribution >= 0.6 is 11.3 Å². The van der Waals surface area contributed by atoms with Gasteiger partial charge < -0.3 is 9.84 Å². The van der Waals surface area contributed by atoms with Gasteiger partial charge in [0.1, 0.15) is 0 Å². The number of rotatable bonds is 5. The van der Waals surface area contributed by atoms with Crippen molar-refractivity contribution in [2.24, 2.45) is 0 Å². The largest absolute Gasteiger partial charge is 0.476 e. The summed E-state index contributed by atoms with van der Waals surface area (Å²) < 4.78 is 5.18. The molecule has 1 N–H and O–H groups in total. The summed E-state index contributed by atoms with van der Waals surface area (Å²) in [5, 5.41) is 10.2. The Morgan fingerprint density at radius 3 is 2.70 bits per heavy atom. The number of carboxylic acid groups (broad SMARTS) is 1. The number of hydrogen-bond acceptors (Lipinski definition) is 4. The van der Waals surface area contributed by atoms with Crippen LogP contribution in [0.4, 0.5) is 0 Å². The number of aromatic nitrogens is 1. The second-order valence-corrected chi connectivity index (χ2v) is 5.81. The molecule has 0 saturated carbocycles. The molecule has 0 aliphatic carbocycles. The van der Waals surface area contributed by atoms with E-state index in [1.165, 1.54) is 11.3 Å². The Kier molecular flexibility index (Phi) is 4.52. The molecule has 0 bridgehead atoms. The summed E-state index contributed by atoms with van der Waals surface area (Å²) in [6, 6.07) is 7.68. The smallest absolute Gasteiger partial charge is 0.356 e. The van der Waals surface area contributed by atoms with Crippen LogP contribution in [-0.2, 0) is 11.3 Å². The first-order valence-electron chi connectivity index (χ1n) is 6.35. The summed E-state index contributed by atoms with van der Waals surface area (Å²) in [4.78, 5) is 16.4. The molecule has 0 fully saturated rings. The van der Waals surface area contributed by atoms with E-state index in [2.05, 4.69) is 4.98 Å². The van der Waals surface area contributed by atoms with Gasteiger partial charge in [0.2, 0.25) is 0 Å². The minimum Gasteiger partial charge on any atom is -0.476 e. The van der Waals surface area contributed by atoms with Gasteiger partial charge in [-0.05, 0) is 11.1 Å². The first-order valence-corrected chi connectivity index (χ1v) is 7.17. The molecule has 0 atom stereocenters. The van der Waals surface area contributed by atoms with Gasteiger partial charge >= 0.3 is 5.97 Å². The van der Waals surface area contributed by atoms with Crippen molar-refractivity contribution in [2.75, 3.05) is 7.11 Å². The molecule has 1 aromatic carbocycles. The van der Waals surface area contributed by atoms with Crippen LogP contribution in [0.25, 0.3) is 10.4 Å². The second-order valence-electron chi connectivity index (χ2n) is 4.78. The van der Waals surface area contributed by atoms with Gasteiger partial charge in [0.05, 0.1) is 16.5 Å². The molecule has 2 aromatic rings. The Labute approximate surface area is 122 Å². The molecule has 4 nitrogen and oxygen atoms in total. The van der Waals surface area contributed by atoms with Gasteiger partial charge in [-0.3, -0.25) is 0 Å². The fraction of sp³-hybridized carbons (Fsp3) is 0.333. The van der Waals surface area contributed by atoms with Crippen molar-refractivity contribution in [1.82, 2.24) is 4.98 Å². The summed E-state index contributed by atoms with van der Waals surface area (Å²) in [5.41, 5.74) is 1.98. The van der Waals surface area contributed by atoms with Crippen molar-refractivity contribution in [3.8, 4) is 10.4 Å². The molecule has 106 valence electrons. The number of thiazole rings is 1. The van der Waals surface area contributed by atoms with E-state index in [1.54, 1.807) is 7.11 Å². The predicted octanol–water partition coefficient (Wildman–Crippen LogP) is 3.78. The Bertz CT molecular complexity index is 619. The zero-order valence-corrected chi connectivity index (χ0v) is 12.5. The number of carbonyl (C=O) groups is 1. The lowest BCUT2D eigenvalue weighted by Gasteiger charge is -2.07. The SMILES string of the molecule is COCc1ccccc1-c1sc(C(C)C)nc1C(=O)O. The van der Waals surface area contributed by atoms with Crippen LogP contribution in [0.1, 0.15) is 40.8 Å². The van der Waals surface area contributed by atoms with Crippen LogP contribution in [0.15, 0.2) is 24.3 Å². The summed E-state index contributed by atoms with van der Waals surface area (Å²) in [5.74, 6) is -0.781. The van der Waals surface area contributed by atoms with Crippen LogP contribution in [0.3, 0.4) is 0 Å². The maximum Gasteiger partial charge on any atom is 0.356 e. The Morgan fingerprint density at radius 2 is 2.10 bits per heavy atom. The minimum absolute atomic E-state index is 0.127. The highest BCUT2D eigenvalue weighted by molar-refractivity contribution is 7.15. The lowest BCUT2D eigenvalue weighted by atomic mass is 10.1. The standard InChI is InChI=1S/C15H17NO3S/c1-9(2)14-16-12(15(17)18)13(20-14)11-7-5-4-6-10(11)8-19-3/h4-7,9H,8H2,1-3H3,(H,17,18). The van der Waals surface area contributed by atoms with E-state index in [0.717, 1.165) is 16.1 Å². The van der Waals surface area contributed by atoms with Gasteiger partial charge in [0, 0.05) is 13.0 Å². The fourth-order valence-corrected chi connectivity index (χ4v) is 3.05. The molecule has 0 unspecified atom stereocenters. The lowest BCUT2D eigenvalue weighted by Crippen LogP contribution is -2.01. The van der Waals surface area contributed by atoms with Crippen molar-refractivity contribution in [3.63, 3.8) is 0 Å². The van der Waals surface area contributed by atoms with Crippen LogP contribution in [0.5, 0.6) is 0 Å². The van der Waals surface area contributed by atoms with E-state index >= 15 is 0 Å². The third-order valence-electron chi connectivity index (χ3n) is 2.90. The van der Waals surface area contributed by atoms with E-state index in [-0.39, 0.29) is 11.6 Å². The Morgan fingerprint density at radius 1 is 1.40 bits per heavy atom. The van der Waals surface area contributed by atoms with Crippen molar-refractivity contribution < 1.29 is 14.6 Å². The normalized spacial score (nSPS) is 11.0. The number of hydrogen-bond donors (Lipinski definition) is 1. The van der Waals surface area contributed by atoms with Crippen molar-refractivity contribution in [3.05, 3.63) is 40.5 Å². The van der Waals surface area contributed by atoms with E-state index in [4.69, 9.17) is 4.74 Å². The molecule has 0 saturated heterocycles. The van der Waals surface area contributed by atoms with Crippen LogP contribution < -0.4 is 0 Å². The van der Waals surface area contributed by atoms with Crippen LogP contribution in [0, 0.1) is 0 Å². The highest BCUT2D eigenvalue weighted by Crippen LogP contribution is 2.35. The Hall–Kier alpha value is -1.72. The van der Waals surface area contributed by atoms with E-state index in [1.807, 2.05) is 38.1 Å². The lowest BCUT2D eigenvalue weighted by molar-refractivity contribution is 0.0692. The summed E-state index contributed by atoms with van der Waals surface area (Å²) in [6.07, 6.45) is 0. The first-order chi connectivity index (χ1) is 9.54.